The summed E-state index contributed by atoms with van der Waals surface area (Å²) in [7, 11) is 1.48. The van der Waals surface area contributed by atoms with E-state index in [1.807, 2.05) is 0 Å². The Labute approximate surface area is 81.7 Å². The largest absolute Gasteiger partial charge is 0.496 e. The highest BCUT2D eigenvalue weighted by atomic mass is 19.1. The van der Waals surface area contributed by atoms with E-state index in [2.05, 4.69) is 0 Å². The first kappa shape index (κ1) is 9.19. The highest BCUT2D eigenvalue weighted by Crippen LogP contribution is 2.35. The molecule has 1 aromatic rings. The fourth-order valence-corrected chi connectivity index (χ4v) is 1.44. The number of Topliss-reactive ketones (excluding diaryl/α,β-unsaturated/α-hetero) is 1. The second kappa shape index (κ2) is 3.40. The molecule has 74 valence electrons. The molecule has 0 radical (unpaired) electrons. The van der Waals surface area contributed by atoms with Gasteiger partial charge in [-0.3, -0.25) is 4.79 Å². The number of hydrogen-bond donors (Lipinski definition) is 0. The second-order valence-electron chi connectivity index (χ2n) is 3.48. The maximum absolute atomic E-state index is 12.9. The van der Waals surface area contributed by atoms with Gasteiger partial charge in [0, 0.05) is 5.92 Å². The van der Waals surface area contributed by atoms with E-state index in [0.717, 1.165) is 12.8 Å². The van der Waals surface area contributed by atoms with Crippen LogP contribution < -0.4 is 4.74 Å². The molecule has 1 aliphatic carbocycles. The summed E-state index contributed by atoms with van der Waals surface area (Å²) < 4.78 is 17.9. The van der Waals surface area contributed by atoms with Crippen molar-refractivity contribution in [1.29, 1.82) is 0 Å². The van der Waals surface area contributed by atoms with Crippen LogP contribution in [0.1, 0.15) is 23.2 Å². The Morgan fingerprint density at radius 3 is 2.79 bits per heavy atom. The molecule has 1 aromatic carbocycles. The van der Waals surface area contributed by atoms with Crippen LogP contribution in [-0.2, 0) is 0 Å². The van der Waals surface area contributed by atoms with Gasteiger partial charge in [0.05, 0.1) is 12.7 Å². The number of methoxy groups -OCH3 is 1. The van der Waals surface area contributed by atoms with E-state index in [0.29, 0.717) is 11.3 Å². The van der Waals surface area contributed by atoms with Crippen LogP contribution in [0.25, 0.3) is 0 Å². The molecule has 0 amide bonds. The molecule has 1 saturated carbocycles. The molecular weight excluding hydrogens is 183 g/mol. The molecule has 0 unspecified atom stereocenters. The lowest BCUT2D eigenvalue weighted by atomic mass is 10.1. The Balaban J connectivity index is 2.37. The quantitative estimate of drug-likeness (QED) is 0.691. The molecule has 0 atom stereocenters. The van der Waals surface area contributed by atoms with Crippen LogP contribution in [0.15, 0.2) is 18.2 Å². The molecule has 0 spiro atoms. The van der Waals surface area contributed by atoms with Crippen LogP contribution >= 0.6 is 0 Å². The van der Waals surface area contributed by atoms with Gasteiger partial charge in [0.2, 0.25) is 0 Å². The molecule has 1 aliphatic rings. The van der Waals surface area contributed by atoms with Crippen molar-refractivity contribution in [1.82, 2.24) is 0 Å². The number of ether oxygens (including phenoxy) is 1. The zero-order chi connectivity index (χ0) is 10.1. The molecule has 3 heteroatoms. The van der Waals surface area contributed by atoms with E-state index in [9.17, 15) is 9.18 Å². The smallest absolute Gasteiger partial charge is 0.169 e. The Morgan fingerprint density at radius 1 is 1.50 bits per heavy atom. The molecule has 0 N–H and O–H groups in total. The van der Waals surface area contributed by atoms with Gasteiger partial charge in [-0.25, -0.2) is 4.39 Å². The maximum atomic E-state index is 12.9. The summed E-state index contributed by atoms with van der Waals surface area (Å²) in [5, 5.41) is 0. The summed E-state index contributed by atoms with van der Waals surface area (Å²) in [6, 6.07) is 4.03. The molecule has 2 nitrogen and oxygen atoms in total. The fraction of sp³-hybridized carbons (Fsp3) is 0.364. The van der Waals surface area contributed by atoms with E-state index in [1.54, 1.807) is 0 Å². The SMILES string of the molecule is COc1ccc(F)cc1C(=O)C1CC1. The molecule has 14 heavy (non-hydrogen) atoms. The zero-order valence-electron chi connectivity index (χ0n) is 7.92. The average molecular weight is 194 g/mol. The summed E-state index contributed by atoms with van der Waals surface area (Å²) in [6.07, 6.45) is 1.83. The van der Waals surface area contributed by atoms with Crippen molar-refractivity contribution in [2.24, 2.45) is 5.92 Å². The summed E-state index contributed by atoms with van der Waals surface area (Å²) >= 11 is 0. The van der Waals surface area contributed by atoms with E-state index < -0.39 is 5.82 Å². The van der Waals surface area contributed by atoms with E-state index in [4.69, 9.17) is 4.74 Å². The van der Waals surface area contributed by atoms with Crippen molar-refractivity contribution in [3.8, 4) is 5.75 Å². The first-order valence-corrected chi connectivity index (χ1v) is 4.60. The minimum absolute atomic E-state index is 0.00125. The minimum Gasteiger partial charge on any atom is -0.496 e. The third-order valence-corrected chi connectivity index (χ3v) is 2.38. The molecule has 0 aromatic heterocycles. The molecular formula is C11H11FO2. The summed E-state index contributed by atoms with van der Waals surface area (Å²) in [5.41, 5.74) is 0.370. The van der Waals surface area contributed by atoms with Crippen molar-refractivity contribution in [2.75, 3.05) is 7.11 Å². The van der Waals surface area contributed by atoms with E-state index in [1.165, 1.54) is 25.3 Å². The zero-order valence-corrected chi connectivity index (χ0v) is 7.92. The van der Waals surface area contributed by atoms with E-state index >= 15 is 0 Å². The number of carbonyl (C=O) groups excluding carboxylic acids is 1. The second-order valence-corrected chi connectivity index (χ2v) is 3.48. The fourth-order valence-electron chi connectivity index (χ4n) is 1.44. The lowest BCUT2D eigenvalue weighted by Gasteiger charge is -2.06. The van der Waals surface area contributed by atoms with Gasteiger partial charge in [0.1, 0.15) is 11.6 Å². The highest BCUT2D eigenvalue weighted by molar-refractivity contribution is 6.01. The van der Waals surface area contributed by atoms with Crippen molar-refractivity contribution in [3.05, 3.63) is 29.6 Å². The minimum atomic E-state index is -0.394. The molecule has 0 aliphatic heterocycles. The van der Waals surface area contributed by atoms with Crippen LogP contribution in [0.3, 0.4) is 0 Å². The van der Waals surface area contributed by atoms with Crippen molar-refractivity contribution in [3.63, 3.8) is 0 Å². The molecule has 2 rings (SSSR count). The molecule has 1 fully saturated rings. The molecule has 0 saturated heterocycles. The normalized spacial score (nSPS) is 15.3. The lowest BCUT2D eigenvalue weighted by Crippen LogP contribution is -2.04. The van der Waals surface area contributed by atoms with E-state index in [-0.39, 0.29) is 11.7 Å². The van der Waals surface area contributed by atoms with Gasteiger partial charge in [0.15, 0.2) is 5.78 Å². The van der Waals surface area contributed by atoms with Gasteiger partial charge in [-0.05, 0) is 31.0 Å². The predicted octanol–water partition coefficient (Wildman–Crippen LogP) is 2.43. The summed E-state index contributed by atoms with van der Waals surface area (Å²) in [5.74, 6) is 0.158. The van der Waals surface area contributed by atoms with Crippen LogP contribution in [0, 0.1) is 11.7 Å². The number of hydrogen-bond acceptors (Lipinski definition) is 2. The van der Waals surface area contributed by atoms with Crippen molar-refractivity contribution in [2.45, 2.75) is 12.8 Å². The predicted molar refractivity (Wildman–Crippen MR) is 50.0 cm³/mol. The monoisotopic (exact) mass is 194 g/mol. The van der Waals surface area contributed by atoms with Gasteiger partial charge in [-0.1, -0.05) is 0 Å². The first-order chi connectivity index (χ1) is 6.72. The number of rotatable bonds is 3. The Morgan fingerprint density at radius 2 is 2.21 bits per heavy atom. The number of halogens is 1. The van der Waals surface area contributed by atoms with Gasteiger partial charge < -0.3 is 4.74 Å². The van der Waals surface area contributed by atoms with Gasteiger partial charge >= 0.3 is 0 Å². The van der Waals surface area contributed by atoms with Crippen molar-refractivity contribution >= 4 is 5.78 Å². The maximum Gasteiger partial charge on any atom is 0.169 e. The summed E-state index contributed by atoms with van der Waals surface area (Å²) in [6.45, 7) is 0. The van der Waals surface area contributed by atoms with Crippen LogP contribution in [0.5, 0.6) is 5.75 Å². The number of benzene rings is 1. The van der Waals surface area contributed by atoms with Crippen LogP contribution in [-0.4, -0.2) is 12.9 Å². The average Bonchev–Trinajstić information content (AvgIpc) is 3.00. The standard InChI is InChI=1S/C11H11FO2/c1-14-10-5-4-8(12)6-9(10)11(13)7-2-3-7/h4-7H,2-3H2,1H3. The van der Waals surface area contributed by atoms with Crippen LogP contribution in [0.4, 0.5) is 4.39 Å². The first-order valence-electron chi connectivity index (χ1n) is 4.60. The third kappa shape index (κ3) is 1.62. The Bertz CT molecular complexity index is 370. The lowest BCUT2D eigenvalue weighted by molar-refractivity contribution is 0.0964. The Kier molecular flexibility index (Phi) is 2.23. The molecule has 0 heterocycles. The summed E-state index contributed by atoms with van der Waals surface area (Å²) in [4.78, 5) is 11.7. The number of carbonyl (C=O) groups is 1. The van der Waals surface area contributed by atoms with Gasteiger partial charge in [-0.15, -0.1) is 0 Å². The third-order valence-electron chi connectivity index (χ3n) is 2.38. The molecule has 0 bridgehead atoms. The van der Waals surface area contributed by atoms with Gasteiger partial charge in [-0.2, -0.15) is 0 Å². The Hall–Kier alpha value is -1.38. The van der Waals surface area contributed by atoms with Gasteiger partial charge in [0.25, 0.3) is 0 Å². The topological polar surface area (TPSA) is 26.3 Å². The number of ketones is 1. The van der Waals surface area contributed by atoms with Crippen molar-refractivity contribution < 1.29 is 13.9 Å². The van der Waals surface area contributed by atoms with Crippen LogP contribution in [0.2, 0.25) is 0 Å². The highest BCUT2D eigenvalue weighted by Gasteiger charge is 2.32.